The Kier molecular flexibility index (Phi) is 5.98. The summed E-state index contributed by atoms with van der Waals surface area (Å²) in [5, 5.41) is 7.79. The van der Waals surface area contributed by atoms with Crippen molar-refractivity contribution in [2.45, 2.75) is 39.7 Å². The highest BCUT2D eigenvalue weighted by Crippen LogP contribution is 2.20. The molecule has 2 aromatic heterocycles. The number of imidazole rings is 1. The number of carbonyl (C=O) groups is 1. The fourth-order valence-electron chi connectivity index (χ4n) is 3.84. The van der Waals surface area contributed by atoms with Gasteiger partial charge in [0.15, 0.2) is 0 Å². The monoisotopic (exact) mass is 413 g/mol. The van der Waals surface area contributed by atoms with Crippen molar-refractivity contribution in [1.29, 1.82) is 0 Å². The lowest BCUT2D eigenvalue weighted by Gasteiger charge is -2.15. The van der Waals surface area contributed by atoms with Gasteiger partial charge in [-0.25, -0.2) is 9.67 Å². The second kappa shape index (κ2) is 9.00. The average Bonchev–Trinajstić information content (AvgIpc) is 3.42. The predicted molar refractivity (Wildman–Crippen MR) is 121 cm³/mol. The largest absolute Gasteiger partial charge is 0.350 e. The molecule has 0 saturated carbocycles. The van der Waals surface area contributed by atoms with E-state index >= 15 is 0 Å². The highest BCUT2D eigenvalue weighted by atomic mass is 16.1. The summed E-state index contributed by atoms with van der Waals surface area (Å²) in [5.41, 5.74) is 6.34. The van der Waals surface area contributed by atoms with Crippen molar-refractivity contribution >= 4 is 5.91 Å². The molecule has 0 radical (unpaired) electrons. The Morgan fingerprint density at radius 1 is 1.03 bits per heavy atom. The Morgan fingerprint density at radius 2 is 1.77 bits per heavy atom. The molecular weight excluding hydrogens is 386 g/mol. The highest BCUT2D eigenvalue weighted by molar-refractivity contribution is 5.76. The molecule has 6 heteroatoms. The molecule has 158 valence electrons. The average molecular weight is 414 g/mol. The van der Waals surface area contributed by atoms with E-state index in [0.29, 0.717) is 12.8 Å². The van der Waals surface area contributed by atoms with Gasteiger partial charge >= 0.3 is 0 Å². The summed E-state index contributed by atoms with van der Waals surface area (Å²) in [5.74, 6) is 0.0393. The van der Waals surface area contributed by atoms with Gasteiger partial charge in [0.05, 0.1) is 23.8 Å². The van der Waals surface area contributed by atoms with Crippen LogP contribution in [0.25, 0.3) is 11.4 Å². The van der Waals surface area contributed by atoms with Crippen LogP contribution in [0.5, 0.6) is 0 Å². The number of benzene rings is 2. The van der Waals surface area contributed by atoms with E-state index in [1.807, 2.05) is 83.9 Å². The van der Waals surface area contributed by atoms with Crippen molar-refractivity contribution in [3.63, 3.8) is 0 Å². The van der Waals surface area contributed by atoms with Crippen molar-refractivity contribution in [2.75, 3.05) is 0 Å². The van der Waals surface area contributed by atoms with E-state index in [-0.39, 0.29) is 11.9 Å². The number of amides is 1. The number of nitrogens with one attached hydrogen (secondary N) is 1. The number of aryl methyl sites for hydroxylation is 1. The molecule has 2 aromatic carbocycles. The second-order valence-corrected chi connectivity index (χ2v) is 7.75. The zero-order chi connectivity index (χ0) is 21.8. The van der Waals surface area contributed by atoms with Gasteiger partial charge < -0.3 is 9.88 Å². The minimum absolute atomic E-state index is 0.0393. The molecular formula is C25H27N5O. The number of aromatic nitrogens is 4. The van der Waals surface area contributed by atoms with Crippen molar-refractivity contribution in [1.82, 2.24) is 24.6 Å². The van der Waals surface area contributed by atoms with Gasteiger partial charge in [0, 0.05) is 30.2 Å². The molecule has 0 bridgehead atoms. The molecule has 0 spiro atoms. The van der Waals surface area contributed by atoms with Crippen LogP contribution >= 0.6 is 0 Å². The topological polar surface area (TPSA) is 64.7 Å². The Labute approximate surface area is 182 Å². The van der Waals surface area contributed by atoms with Gasteiger partial charge in [0.1, 0.15) is 0 Å². The third-order valence-electron chi connectivity index (χ3n) is 5.62. The number of carbonyl (C=O) groups excluding carboxylic acids is 1. The summed E-state index contributed by atoms with van der Waals surface area (Å²) in [6, 6.07) is 18.2. The summed E-state index contributed by atoms with van der Waals surface area (Å²) in [4.78, 5) is 16.7. The number of hydrogen-bond acceptors (Lipinski definition) is 3. The van der Waals surface area contributed by atoms with Crippen LogP contribution in [-0.2, 0) is 11.2 Å². The minimum Gasteiger partial charge on any atom is -0.350 e. The van der Waals surface area contributed by atoms with Crippen LogP contribution in [0.2, 0.25) is 0 Å². The SMILES string of the molecule is Cc1nn(-c2ccccc2)c(C)c1CCC(=O)N[C@@H](C)c1ccc(-n2ccnc2)cc1. The van der Waals surface area contributed by atoms with E-state index in [1.54, 1.807) is 12.5 Å². The molecule has 4 rings (SSSR count). The van der Waals surface area contributed by atoms with Gasteiger partial charge in [0.2, 0.25) is 5.91 Å². The Bertz CT molecular complexity index is 1140. The van der Waals surface area contributed by atoms with Gasteiger partial charge in [-0.2, -0.15) is 5.10 Å². The molecule has 1 atom stereocenters. The summed E-state index contributed by atoms with van der Waals surface area (Å²) in [6.07, 6.45) is 6.53. The van der Waals surface area contributed by atoms with Crippen molar-refractivity contribution in [2.24, 2.45) is 0 Å². The number of nitrogens with zero attached hydrogens (tertiary/aromatic N) is 4. The molecule has 0 aliphatic rings. The highest BCUT2D eigenvalue weighted by Gasteiger charge is 2.15. The lowest BCUT2D eigenvalue weighted by molar-refractivity contribution is -0.121. The Hall–Kier alpha value is -3.67. The smallest absolute Gasteiger partial charge is 0.220 e. The van der Waals surface area contributed by atoms with E-state index in [4.69, 9.17) is 0 Å². The maximum absolute atomic E-state index is 12.6. The number of para-hydroxylation sites is 1. The normalized spacial score (nSPS) is 12.0. The lowest BCUT2D eigenvalue weighted by Crippen LogP contribution is -2.26. The van der Waals surface area contributed by atoms with Gasteiger partial charge in [0.25, 0.3) is 0 Å². The van der Waals surface area contributed by atoms with Crippen LogP contribution in [0, 0.1) is 13.8 Å². The Balaban J connectivity index is 1.37. The first-order chi connectivity index (χ1) is 15.0. The summed E-state index contributed by atoms with van der Waals surface area (Å²) in [6.45, 7) is 6.07. The molecule has 0 saturated heterocycles. The summed E-state index contributed by atoms with van der Waals surface area (Å²) in [7, 11) is 0. The predicted octanol–water partition coefficient (Wildman–Crippen LogP) is 4.48. The Morgan fingerprint density at radius 3 is 2.45 bits per heavy atom. The zero-order valence-corrected chi connectivity index (χ0v) is 18.1. The molecule has 4 aromatic rings. The molecule has 6 nitrogen and oxygen atoms in total. The van der Waals surface area contributed by atoms with E-state index in [2.05, 4.69) is 22.3 Å². The van der Waals surface area contributed by atoms with Crippen LogP contribution in [0.3, 0.4) is 0 Å². The number of hydrogen-bond donors (Lipinski definition) is 1. The van der Waals surface area contributed by atoms with Crippen LogP contribution in [0.4, 0.5) is 0 Å². The van der Waals surface area contributed by atoms with Gasteiger partial charge in [-0.05, 0) is 62.6 Å². The summed E-state index contributed by atoms with van der Waals surface area (Å²) < 4.78 is 3.90. The third-order valence-corrected chi connectivity index (χ3v) is 5.62. The van der Waals surface area contributed by atoms with Crippen LogP contribution in [0.15, 0.2) is 73.3 Å². The zero-order valence-electron chi connectivity index (χ0n) is 18.1. The molecule has 0 fully saturated rings. The van der Waals surface area contributed by atoms with Gasteiger partial charge in [-0.3, -0.25) is 4.79 Å². The second-order valence-electron chi connectivity index (χ2n) is 7.75. The molecule has 31 heavy (non-hydrogen) atoms. The van der Waals surface area contributed by atoms with Crippen LogP contribution < -0.4 is 5.32 Å². The fraction of sp³-hybridized carbons (Fsp3) is 0.240. The quantitative estimate of drug-likeness (QED) is 0.486. The fourth-order valence-corrected chi connectivity index (χ4v) is 3.84. The van der Waals surface area contributed by atoms with E-state index in [0.717, 1.165) is 33.9 Å². The van der Waals surface area contributed by atoms with Crippen molar-refractivity contribution < 1.29 is 4.79 Å². The summed E-state index contributed by atoms with van der Waals surface area (Å²) >= 11 is 0. The molecule has 0 aliphatic carbocycles. The van der Waals surface area contributed by atoms with Crippen LogP contribution in [-0.4, -0.2) is 25.2 Å². The third kappa shape index (κ3) is 4.58. The first kappa shape index (κ1) is 20.6. The maximum atomic E-state index is 12.6. The van der Waals surface area contributed by atoms with Gasteiger partial charge in [-0.15, -0.1) is 0 Å². The molecule has 0 aliphatic heterocycles. The standard InChI is InChI=1S/C25H27N5O/c1-18(21-9-11-22(12-10-21)29-16-15-26-17-29)27-25(31)14-13-24-19(2)28-30(20(24)3)23-7-5-4-6-8-23/h4-12,15-18H,13-14H2,1-3H3,(H,27,31)/t18-/m0/s1. The van der Waals surface area contributed by atoms with Crippen molar-refractivity contribution in [3.05, 3.63) is 95.8 Å². The van der Waals surface area contributed by atoms with E-state index in [9.17, 15) is 4.79 Å². The first-order valence-corrected chi connectivity index (χ1v) is 10.5. The molecule has 2 heterocycles. The number of rotatable bonds is 7. The molecule has 1 N–H and O–H groups in total. The molecule has 0 unspecified atom stereocenters. The minimum atomic E-state index is -0.0569. The van der Waals surface area contributed by atoms with Crippen molar-refractivity contribution in [3.8, 4) is 11.4 Å². The van der Waals surface area contributed by atoms with Crippen LogP contribution in [0.1, 0.15) is 41.9 Å². The van der Waals surface area contributed by atoms with E-state index in [1.165, 1.54) is 0 Å². The van der Waals surface area contributed by atoms with Gasteiger partial charge in [-0.1, -0.05) is 30.3 Å². The first-order valence-electron chi connectivity index (χ1n) is 10.5. The maximum Gasteiger partial charge on any atom is 0.220 e. The lowest BCUT2D eigenvalue weighted by atomic mass is 10.1. The molecule has 1 amide bonds. The van der Waals surface area contributed by atoms with E-state index < -0.39 is 0 Å².